The molecule has 0 radical (unpaired) electrons. The van der Waals surface area contributed by atoms with E-state index in [9.17, 15) is 0 Å². The van der Waals surface area contributed by atoms with Gasteiger partial charge in [0.2, 0.25) is 0 Å². The lowest BCUT2D eigenvalue weighted by molar-refractivity contribution is 0.00578. The van der Waals surface area contributed by atoms with Crippen molar-refractivity contribution in [2.45, 2.75) is 65.0 Å². The van der Waals surface area contributed by atoms with Gasteiger partial charge < -0.3 is 14.0 Å². The fraction of sp³-hybridized carbons (Fsp3) is 0.556. The maximum Gasteiger partial charge on any atom is 0.486 e. The molecular formula is C18H27BO3. The second-order valence-electron chi connectivity index (χ2n) is 6.90. The summed E-state index contributed by atoms with van der Waals surface area (Å²) in [5.41, 5.74) is 0.638. The normalized spacial score (nSPS) is 21.4. The summed E-state index contributed by atoms with van der Waals surface area (Å²) in [5, 5.41) is 0. The van der Waals surface area contributed by atoms with Crippen molar-refractivity contribution in [2.24, 2.45) is 0 Å². The highest BCUT2D eigenvalue weighted by atomic mass is 16.7. The van der Waals surface area contributed by atoms with Crippen LogP contribution in [0.4, 0.5) is 0 Å². The lowest BCUT2D eigenvalue weighted by atomic mass is 9.89. The van der Waals surface area contributed by atoms with E-state index in [4.69, 9.17) is 14.0 Å². The van der Waals surface area contributed by atoms with Gasteiger partial charge in [0.1, 0.15) is 0 Å². The van der Waals surface area contributed by atoms with Crippen molar-refractivity contribution in [3.63, 3.8) is 0 Å². The molecule has 4 heteroatoms. The van der Waals surface area contributed by atoms with E-state index in [0.717, 1.165) is 6.42 Å². The summed E-state index contributed by atoms with van der Waals surface area (Å²) in [7, 11) is -0.272. The smallest absolute Gasteiger partial charge is 0.400 e. The van der Waals surface area contributed by atoms with Crippen molar-refractivity contribution >= 4 is 7.12 Å². The SMILES string of the molecule is CC(C/C=C\B1OC(C)(C)C(C)(C)O1)OCc1ccccc1. The van der Waals surface area contributed by atoms with Gasteiger partial charge in [0.15, 0.2) is 0 Å². The molecule has 0 bridgehead atoms. The predicted octanol–water partition coefficient (Wildman–Crippen LogP) is 4.17. The quantitative estimate of drug-likeness (QED) is 0.738. The van der Waals surface area contributed by atoms with Gasteiger partial charge >= 0.3 is 7.12 Å². The van der Waals surface area contributed by atoms with Crippen LogP contribution in [0.1, 0.15) is 46.6 Å². The number of benzene rings is 1. The van der Waals surface area contributed by atoms with Crippen molar-refractivity contribution in [3.05, 3.63) is 47.9 Å². The molecule has 1 aliphatic rings. The molecule has 2 rings (SSSR count). The van der Waals surface area contributed by atoms with Gasteiger partial charge in [0, 0.05) is 0 Å². The van der Waals surface area contributed by atoms with Crippen LogP contribution >= 0.6 is 0 Å². The highest BCUT2D eigenvalue weighted by molar-refractivity contribution is 6.51. The summed E-state index contributed by atoms with van der Waals surface area (Å²) in [6.07, 6.45) is 3.09. The summed E-state index contributed by atoms with van der Waals surface area (Å²) in [5.74, 6) is 1.98. The summed E-state index contributed by atoms with van der Waals surface area (Å²) in [4.78, 5) is 0. The van der Waals surface area contributed by atoms with Crippen molar-refractivity contribution in [3.8, 4) is 0 Å². The molecule has 0 spiro atoms. The number of hydrogen-bond acceptors (Lipinski definition) is 3. The van der Waals surface area contributed by atoms with Gasteiger partial charge in [-0.15, -0.1) is 0 Å². The van der Waals surface area contributed by atoms with E-state index in [1.165, 1.54) is 5.56 Å². The lowest BCUT2D eigenvalue weighted by Gasteiger charge is -2.32. The summed E-state index contributed by atoms with van der Waals surface area (Å²) in [6, 6.07) is 10.2. The molecule has 1 aliphatic heterocycles. The first-order valence-corrected chi connectivity index (χ1v) is 7.98. The molecule has 120 valence electrons. The number of ether oxygens (including phenoxy) is 1. The van der Waals surface area contributed by atoms with E-state index < -0.39 is 0 Å². The summed E-state index contributed by atoms with van der Waals surface area (Å²) >= 11 is 0. The summed E-state index contributed by atoms with van der Waals surface area (Å²) < 4.78 is 17.7. The monoisotopic (exact) mass is 302 g/mol. The van der Waals surface area contributed by atoms with E-state index in [2.05, 4.69) is 52.8 Å². The maximum atomic E-state index is 5.93. The first-order valence-electron chi connectivity index (χ1n) is 7.98. The van der Waals surface area contributed by atoms with Crippen LogP contribution in [-0.4, -0.2) is 24.4 Å². The van der Waals surface area contributed by atoms with Crippen LogP contribution in [0.25, 0.3) is 0 Å². The Balaban J connectivity index is 1.74. The molecule has 0 N–H and O–H groups in total. The van der Waals surface area contributed by atoms with Crippen molar-refractivity contribution in [2.75, 3.05) is 0 Å². The third kappa shape index (κ3) is 4.45. The van der Waals surface area contributed by atoms with E-state index in [0.29, 0.717) is 6.61 Å². The molecule has 22 heavy (non-hydrogen) atoms. The van der Waals surface area contributed by atoms with Crippen LogP contribution in [0.3, 0.4) is 0 Å². The van der Waals surface area contributed by atoms with Gasteiger partial charge in [0.05, 0.1) is 23.9 Å². The Labute approximate surface area is 134 Å². The number of rotatable bonds is 6. The molecule has 0 aromatic heterocycles. The van der Waals surface area contributed by atoms with E-state index >= 15 is 0 Å². The number of hydrogen-bond donors (Lipinski definition) is 0. The maximum absolute atomic E-state index is 5.93. The Bertz CT molecular complexity index is 480. The van der Waals surface area contributed by atoms with E-state index in [-0.39, 0.29) is 24.4 Å². The third-order valence-corrected chi connectivity index (χ3v) is 4.41. The van der Waals surface area contributed by atoms with Crippen LogP contribution in [-0.2, 0) is 20.7 Å². The van der Waals surface area contributed by atoms with Gasteiger partial charge in [0.25, 0.3) is 0 Å². The Morgan fingerprint density at radius 3 is 2.27 bits per heavy atom. The molecule has 1 aromatic carbocycles. The molecular weight excluding hydrogens is 275 g/mol. The summed E-state index contributed by atoms with van der Waals surface area (Å²) in [6.45, 7) is 11.0. The highest BCUT2D eigenvalue weighted by Gasteiger charge is 2.49. The third-order valence-electron chi connectivity index (χ3n) is 4.41. The minimum atomic E-state index is -0.280. The Morgan fingerprint density at radius 2 is 1.68 bits per heavy atom. The van der Waals surface area contributed by atoms with Crippen LogP contribution in [0.2, 0.25) is 0 Å². The lowest BCUT2D eigenvalue weighted by Crippen LogP contribution is -2.41. The zero-order chi connectivity index (χ0) is 16.2. The molecule has 3 nitrogen and oxygen atoms in total. The molecule has 1 unspecified atom stereocenters. The highest BCUT2D eigenvalue weighted by Crippen LogP contribution is 2.36. The first kappa shape index (κ1) is 17.3. The van der Waals surface area contributed by atoms with Crippen molar-refractivity contribution in [1.82, 2.24) is 0 Å². The first-order chi connectivity index (χ1) is 10.3. The standard InChI is InChI=1S/C18H27BO3/c1-15(20-14-16-11-7-6-8-12-16)10-9-13-19-21-17(2,3)18(4,5)22-19/h6-9,11-13,15H,10,14H2,1-5H3/b13-9-. The molecule has 0 aliphatic carbocycles. The zero-order valence-corrected chi connectivity index (χ0v) is 14.3. The zero-order valence-electron chi connectivity index (χ0n) is 14.3. The van der Waals surface area contributed by atoms with Gasteiger partial charge in [-0.3, -0.25) is 0 Å². The molecule has 1 atom stereocenters. The fourth-order valence-electron chi connectivity index (χ4n) is 2.23. The Hall–Kier alpha value is -1.10. The van der Waals surface area contributed by atoms with Gasteiger partial charge in [-0.05, 0) is 46.6 Å². The van der Waals surface area contributed by atoms with Crippen LogP contribution in [0, 0.1) is 0 Å². The largest absolute Gasteiger partial charge is 0.486 e. The van der Waals surface area contributed by atoms with Crippen LogP contribution in [0.5, 0.6) is 0 Å². The molecule has 1 aromatic rings. The molecule has 0 saturated carbocycles. The minimum Gasteiger partial charge on any atom is -0.400 e. The van der Waals surface area contributed by atoms with Gasteiger partial charge in [-0.25, -0.2) is 0 Å². The second-order valence-corrected chi connectivity index (χ2v) is 6.90. The van der Waals surface area contributed by atoms with Crippen molar-refractivity contribution < 1.29 is 14.0 Å². The predicted molar refractivity (Wildman–Crippen MR) is 90.5 cm³/mol. The van der Waals surface area contributed by atoms with Crippen LogP contribution < -0.4 is 0 Å². The fourth-order valence-corrected chi connectivity index (χ4v) is 2.23. The van der Waals surface area contributed by atoms with Gasteiger partial charge in [-0.2, -0.15) is 0 Å². The Morgan fingerprint density at radius 1 is 1.09 bits per heavy atom. The van der Waals surface area contributed by atoms with E-state index in [1.807, 2.05) is 24.2 Å². The molecule has 1 saturated heterocycles. The van der Waals surface area contributed by atoms with Crippen LogP contribution in [0.15, 0.2) is 42.4 Å². The molecule has 0 amide bonds. The topological polar surface area (TPSA) is 27.7 Å². The second kappa shape index (κ2) is 6.99. The minimum absolute atomic E-state index is 0.166. The molecule has 1 fully saturated rings. The Kier molecular flexibility index (Phi) is 5.48. The average Bonchev–Trinajstić information content (AvgIpc) is 2.65. The van der Waals surface area contributed by atoms with E-state index in [1.54, 1.807) is 0 Å². The van der Waals surface area contributed by atoms with Crippen molar-refractivity contribution in [1.29, 1.82) is 0 Å². The molecule has 1 heterocycles. The average molecular weight is 302 g/mol. The van der Waals surface area contributed by atoms with Gasteiger partial charge in [-0.1, -0.05) is 42.4 Å².